The summed E-state index contributed by atoms with van der Waals surface area (Å²) >= 11 is 0. The second-order valence-electron chi connectivity index (χ2n) is 4.84. The molecule has 0 saturated carbocycles. The Morgan fingerprint density at radius 3 is 2.43 bits per heavy atom. The van der Waals surface area contributed by atoms with Crippen LogP contribution >= 0.6 is 0 Å². The highest BCUT2D eigenvalue weighted by atomic mass is 32.2. The summed E-state index contributed by atoms with van der Waals surface area (Å²) in [6, 6.07) is 6.17. The zero-order valence-electron chi connectivity index (χ0n) is 12.0. The lowest BCUT2D eigenvalue weighted by atomic mass is 10.1. The summed E-state index contributed by atoms with van der Waals surface area (Å²) in [7, 11) is -2.04. The van der Waals surface area contributed by atoms with Crippen LogP contribution in [0.3, 0.4) is 0 Å². The van der Waals surface area contributed by atoms with Gasteiger partial charge in [-0.15, -0.1) is 0 Å². The number of carboxylic acids is 1. The maximum absolute atomic E-state index is 12.3. The molecule has 0 saturated heterocycles. The van der Waals surface area contributed by atoms with E-state index >= 15 is 0 Å². The average Bonchev–Trinajstić information content (AvgIpc) is 2.36. The Kier molecular flexibility index (Phi) is 5.31. The minimum absolute atomic E-state index is 0.0291. The Balaban J connectivity index is 2.99. The maximum atomic E-state index is 12.3. The molecule has 0 radical (unpaired) electrons. The van der Waals surface area contributed by atoms with Crippen LogP contribution in [0, 0.1) is 5.92 Å². The lowest BCUT2D eigenvalue weighted by molar-refractivity contribution is -0.141. The normalized spacial score (nSPS) is 12.5. The molecule has 1 atom stereocenters. The first kappa shape index (κ1) is 17.0. The fraction of sp³-hybridized carbons (Fsp3) is 0.385. The van der Waals surface area contributed by atoms with Gasteiger partial charge in [0, 0.05) is 13.6 Å². The fourth-order valence-corrected chi connectivity index (χ4v) is 2.31. The van der Waals surface area contributed by atoms with Gasteiger partial charge in [0.2, 0.25) is 10.0 Å². The second kappa shape index (κ2) is 6.57. The molecule has 0 fully saturated rings. The number of carbonyl (C=O) groups excluding carboxylic acids is 1. The monoisotopic (exact) mass is 314 g/mol. The highest BCUT2D eigenvalue weighted by Gasteiger charge is 2.21. The molecule has 2 N–H and O–H groups in total. The number of aliphatic carboxylic acids is 1. The van der Waals surface area contributed by atoms with Crippen molar-refractivity contribution in [3.63, 3.8) is 0 Å². The van der Waals surface area contributed by atoms with Crippen molar-refractivity contribution in [2.24, 2.45) is 5.92 Å². The number of benzene rings is 1. The van der Waals surface area contributed by atoms with E-state index in [0.29, 0.717) is 0 Å². The predicted octanol–water partition coefficient (Wildman–Crippen LogP) is 0.851. The van der Waals surface area contributed by atoms with E-state index in [2.05, 4.69) is 4.72 Å². The minimum atomic E-state index is -3.51. The number of sulfonamides is 1. The van der Waals surface area contributed by atoms with Crippen LogP contribution in [0.5, 0.6) is 0 Å². The number of nitrogens with one attached hydrogen (secondary N) is 1. The number of rotatable bonds is 6. The number of carboxylic acid groups (broad SMARTS) is 1. The third kappa shape index (κ3) is 5.07. The number of anilines is 1. The molecule has 21 heavy (non-hydrogen) atoms. The van der Waals surface area contributed by atoms with Gasteiger partial charge in [0.1, 0.15) is 0 Å². The number of hydrogen-bond acceptors (Lipinski definition) is 4. The van der Waals surface area contributed by atoms with Gasteiger partial charge < -0.3 is 10.0 Å². The van der Waals surface area contributed by atoms with Crippen LogP contribution < -0.4 is 4.72 Å². The quantitative estimate of drug-likeness (QED) is 0.810. The van der Waals surface area contributed by atoms with Crippen molar-refractivity contribution in [2.45, 2.75) is 6.92 Å². The van der Waals surface area contributed by atoms with Gasteiger partial charge in [0.25, 0.3) is 5.91 Å². The summed E-state index contributed by atoms with van der Waals surface area (Å²) in [5, 5.41) is 8.86. The lowest BCUT2D eigenvalue weighted by Crippen LogP contribution is -2.34. The van der Waals surface area contributed by atoms with Crippen molar-refractivity contribution in [3.8, 4) is 0 Å². The molecule has 116 valence electrons. The van der Waals surface area contributed by atoms with E-state index in [1.165, 1.54) is 31.0 Å². The highest BCUT2D eigenvalue weighted by Crippen LogP contribution is 2.18. The number of carbonyl (C=O) groups is 2. The molecule has 1 rings (SSSR count). The smallest absolute Gasteiger partial charge is 0.308 e. The molecular formula is C13H18N2O5S. The van der Waals surface area contributed by atoms with Crippen LogP contribution in [0.2, 0.25) is 0 Å². The van der Waals surface area contributed by atoms with Crippen LogP contribution in [0.1, 0.15) is 17.3 Å². The Hall–Kier alpha value is -2.09. The summed E-state index contributed by atoms with van der Waals surface area (Å²) in [5.74, 6) is -2.17. The van der Waals surface area contributed by atoms with Gasteiger partial charge in [-0.05, 0) is 12.1 Å². The Bertz CT molecular complexity index is 642. The zero-order valence-corrected chi connectivity index (χ0v) is 12.8. The van der Waals surface area contributed by atoms with Crippen molar-refractivity contribution in [3.05, 3.63) is 29.8 Å². The summed E-state index contributed by atoms with van der Waals surface area (Å²) in [4.78, 5) is 24.4. The van der Waals surface area contributed by atoms with E-state index in [1.54, 1.807) is 12.1 Å². The van der Waals surface area contributed by atoms with Gasteiger partial charge in [-0.3, -0.25) is 14.3 Å². The lowest BCUT2D eigenvalue weighted by Gasteiger charge is -2.21. The van der Waals surface area contributed by atoms with Gasteiger partial charge in [0.05, 0.1) is 23.4 Å². The summed E-state index contributed by atoms with van der Waals surface area (Å²) in [5.41, 5.74) is 0.336. The molecule has 1 unspecified atom stereocenters. The number of hydrogen-bond donors (Lipinski definition) is 2. The molecule has 8 heteroatoms. The van der Waals surface area contributed by atoms with Crippen LogP contribution in [-0.2, 0) is 14.8 Å². The zero-order chi connectivity index (χ0) is 16.2. The van der Waals surface area contributed by atoms with Crippen LogP contribution in [0.15, 0.2) is 24.3 Å². The third-order valence-electron chi connectivity index (χ3n) is 2.77. The van der Waals surface area contributed by atoms with E-state index in [4.69, 9.17) is 5.11 Å². The Morgan fingerprint density at radius 2 is 1.90 bits per heavy atom. The molecule has 0 spiro atoms. The topological polar surface area (TPSA) is 104 Å². The van der Waals surface area contributed by atoms with Gasteiger partial charge in [-0.25, -0.2) is 8.42 Å². The molecular weight excluding hydrogens is 296 g/mol. The van der Waals surface area contributed by atoms with Gasteiger partial charge in [-0.2, -0.15) is 0 Å². The molecule has 1 amide bonds. The molecule has 0 aliphatic carbocycles. The Labute approximate surface area is 123 Å². The maximum Gasteiger partial charge on any atom is 0.308 e. The predicted molar refractivity (Wildman–Crippen MR) is 78.7 cm³/mol. The highest BCUT2D eigenvalue weighted by molar-refractivity contribution is 7.92. The molecule has 7 nitrogen and oxygen atoms in total. The molecule has 0 aliphatic rings. The fourth-order valence-electron chi connectivity index (χ4n) is 1.74. The summed E-state index contributed by atoms with van der Waals surface area (Å²) in [6.07, 6.45) is 0.991. The van der Waals surface area contributed by atoms with Crippen molar-refractivity contribution >= 4 is 27.6 Å². The first-order valence-corrected chi connectivity index (χ1v) is 8.06. The first-order chi connectivity index (χ1) is 9.61. The largest absolute Gasteiger partial charge is 0.481 e. The minimum Gasteiger partial charge on any atom is -0.481 e. The van der Waals surface area contributed by atoms with E-state index in [0.717, 1.165) is 6.26 Å². The Morgan fingerprint density at radius 1 is 1.33 bits per heavy atom. The first-order valence-electron chi connectivity index (χ1n) is 6.17. The van der Waals surface area contributed by atoms with Crippen LogP contribution in [0.4, 0.5) is 5.69 Å². The number of nitrogens with zero attached hydrogens (tertiary/aromatic N) is 1. The van der Waals surface area contributed by atoms with Crippen LogP contribution in [-0.4, -0.2) is 50.1 Å². The van der Waals surface area contributed by atoms with E-state index in [1.807, 2.05) is 0 Å². The van der Waals surface area contributed by atoms with E-state index in [9.17, 15) is 18.0 Å². The van der Waals surface area contributed by atoms with Gasteiger partial charge >= 0.3 is 5.97 Å². The molecule has 0 heterocycles. The third-order valence-corrected chi connectivity index (χ3v) is 3.36. The number of para-hydroxylation sites is 1. The van der Waals surface area contributed by atoms with Crippen molar-refractivity contribution in [1.82, 2.24) is 4.90 Å². The van der Waals surface area contributed by atoms with Crippen molar-refractivity contribution < 1.29 is 23.1 Å². The van der Waals surface area contributed by atoms with Gasteiger partial charge in [0.15, 0.2) is 0 Å². The molecule has 0 aliphatic heterocycles. The average molecular weight is 314 g/mol. The molecule has 0 bridgehead atoms. The molecule has 1 aromatic carbocycles. The van der Waals surface area contributed by atoms with Crippen LogP contribution in [0.25, 0.3) is 0 Å². The van der Waals surface area contributed by atoms with Gasteiger partial charge in [-0.1, -0.05) is 19.1 Å². The summed E-state index contributed by atoms with van der Waals surface area (Å²) < 4.78 is 24.9. The van der Waals surface area contributed by atoms with E-state index < -0.39 is 27.8 Å². The van der Waals surface area contributed by atoms with Crippen molar-refractivity contribution in [2.75, 3.05) is 24.6 Å². The molecule has 1 aromatic rings. The number of amides is 1. The molecule has 0 aromatic heterocycles. The second-order valence-corrected chi connectivity index (χ2v) is 6.59. The van der Waals surface area contributed by atoms with E-state index in [-0.39, 0.29) is 17.8 Å². The summed E-state index contributed by atoms with van der Waals surface area (Å²) in [6.45, 7) is 1.52. The standard InChI is InChI=1S/C13H18N2O5S/c1-9(13(17)18)8-15(2)12(16)10-6-4-5-7-11(10)14-21(3,19)20/h4-7,9,14H,8H2,1-3H3,(H,17,18). The SMILES string of the molecule is CC(CN(C)C(=O)c1ccccc1NS(C)(=O)=O)C(=O)O. The van der Waals surface area contributed by atoms with Crippen molar-refractivity contribution in [1.29, 1.82) is 0 Å².